The first-order chi connectivity index (χ1) is 10.6. The summed E-state index contributed by atoms with van der Waals surface area (Å²) < 4.78 is 15.7. The first kappa shape index (κ1) is 16.6. The van der Waals surface area contributed by atoms with E-state index in [0.717, 1.165) is 5.56 Å². The zero-order valence-corrected chi connectivity index (χ0v) is 13.2. The topological polar surface area (TPSA) is 82.8 Å². The second-order valence-electron chi connectivity index (χ2n) is 5.46. The summed E-state index contributed by atoms with van der Waals surface area (Å²) in [7, 11) is 3.21. The number of carbonyl (C=O) groups excluding carboxylic acids is 1. The predicted octanol–water partition coefficient (Wildman–Crippen LogP) is 0.870. The summed E-state index contributed by atoms with van der Waals surface area (Å²) in [6.07, 6.45) is 1.84. The van der Waals surface area contributed by atoms with Crippen LogP contribution >= 0.6 is 0 Å². The van der Waals surface area contributed by atoms with Gasteiger partial charge in [-0.25, -0.2) is 0 Å². The molecule has 0 bridgehead atoms. The van der Waals surface area contributed by atoms with Crippen LogP contribution in [0.25, 0.3) is 0 Å². The minimum atomic E-state index is -0.796. The minimum Gasteiger partial charge on any atom is -0.493 e. The van der Waals surface area contributed by atoms with Gasteiger partial charge in [-0.05, 0) is 37.0 Å². The highest BCUT2D eigenvalue weighted by atomic mass is 16.5. The fourth-order valence-electron chi connectivity index (χ4n) is 2.50. The van der Waals surface area contributed by atoms with Gasteiger partial charge in [0.1, 0.15) is 0 Å². The summed E-state index contributed by atoms with van der Waals surface area (Å²) in [4.78, 5) is 12.2. The van der Waals surface area contributed by atoms with Gasteiger partial charge in [0.05, 0.1) is 19.8 Å². The fourth-order valence-corrected chi connectivity index (χ4v) is 2.50. The largest absolute Gasteiger partial charge is 0.493 e. The van der Waals surface area contributed by atoms with E-state index in [0.29, 0.717) is 50.5 Å². The van der Waals surface area contributed by atoms with Crippen LogP contribution in [0.5, 0.6) is 11.5 Å². The van der Waals surface area contributed by atoms with Crippen molar-refractivity contribution in [3.63, 3.8) is 0 Å². The summed E-state index contributed by atoms with van der Waals surface area (Å²) in [6.45, 7) is 1.62. The Morgan fingerprint density at radius 3 is 2.59 bits per heavy atom. The molecule has 3 N–H and O–H groups in total. The maximum Gasteiger partial charge on any atom is 0.240 e. The van der Waals surface area contributed by atoms with Crippen LogP contribution in [0.15, 0.2) is 18.2 Å². The number of ether oxygens (including phenoxy) is 3. The van der Waals surface area contributed by atoms with Crippen LogP contribution < -0.4 is 20.5 Å². The molecule has 1 aromatic carbocycles. The van der Waals surface area contributed by atoms with Gasteiger partial charge in [0.2, 0.25) is 5.91 Å². The Morgan fingerprint density at radius 2 is 1.95 bits per heavy atom. The Labute approximate surface area is 130 Å². The number of benzene rings is 1. The van der Waals surface area contributed by atoms with Crippen LogP contribution in [0.1, 0.15) is 18.4 Å². The average molecular weight is 308 g/mol. The van der Waals surface area contributed by atoms with Crippen molar-refractivity contribution in [2.75, 3.05) is 34.0 Å². The lowest BCUT2D eigenvalue weighted by Gasteiger charge is -2.31. The fraction of sp³-hybridized carbons (Fsp3) is 0.562. The zero-order chi connectivity index (χ0) is 16.0. The van der Waals surface area contributed by atoms with Gasteiger partial charge in [0, 0.05) is 19.8 Å². The van der Waals surface area contributed by atoms with Crippen LogP contribution in [0.3, 0.4) is 0 Å². The number of methoxy groups -OCH3 is 2. The summed E-state index contributed by atoms with van der Waals surface area (Å²) in [5, 5.41) is 2.92. The van der Waals surface area contributed by atoms with Gasteiger partial charge < -0.3 is 25.3 Å². The van der Waals surface area contributed by atoms with Gasteiger partial charge in [0.25, 0.3) is 0 Å². The second kappa shape index (κ2) is 7.47. The van der Waals surface area contributed by atoms with Crippen molar-refractivity contribution in [2.45, 2.75) is 24.8 Å². The van der Waals surface area contributed by atoms with Crippen molar-refractivity contribution in [1.29, 1.82) is 0 Å². The van der Waals surface area contributed by atoms with Crippen LogP contribution in [0.2, 0.25) is 0 Å². The van der Waals surface area contributed by atoms with Crippen molar-refractivity contribution in [1.82, 2.24) is 5.32 Å². The number of rotatable bonds is 6. The number of hydrogen-bond acceptors (Lipinski definition) is 5. The Morgan fingerprint density at radius 1 is 1.27 bits per heavy atom. The SMILES string of the molecule is COc1ccc(CCNC(=O)C2(N)CCOCC2)cc1OC. The van der Waals surface area contributed by atoms with Crippen LogP contribution in [-0.2, 0) is 16.0 Å². The van der Waals surface area contributed by atoms with Crippen molar-refractivity contribution >= 4 is 5.91 Å². The highest BCUT2D eigenvalue weighted by Crippen LogP contribution is 2.27. The van der Waals surface area contributed by atoms with E-state index in [9.17, 15) is 4.79 Å². The normalized spacial score (nSPS) is 16.9. The minimum absolute atomic E-state index is 0.101. The van der Waals surface area contributed by atoms with E-state index < -0.39 is 5.54 Å². The van der Waals surface area contributed by atoms with Crippen LogP contribution in [-0.4, -0.2) is 45.4 Å². The van der Waals surface area contributed by atoms with Crippen molar-refractivity contribution < 1.29 is 19.0 Å². The molecule has 6 heteroatoms. The van der Waals surface area contributed by atoms with E-state index in [1.54, 1.807) is 14.2 Å². The van der Waals surface area contributed by atoms with Gasteiger partial charge in [-0.1, -0.05) is 6.07 Å². The maximum atomic E-state index is 12.2. The highest BCUT2D eigenvalue weighted by Gasteiger charge is 2.35. The van der Waals surface area contributed by atoms with Crippen LogP contribution in [0.4, 0.5) is 0 Å². The summed E-state index contributed by atoms with van der Waals surface area (Å²) in [5.41, 5.74) is 6.41. The predicted molar refractivity (Wildman–Crippen MR) is 83.2 cm³/mol. The molecule has 1 saturated heterocycles. The molecule has 1 amide bonds. The van der Waals surface area contributed by atoms with Gasteiger partial charge in [-0.3, -0.25) is 4.79 Å². The molecular weight excluding hydrogens is 284 g/mol. The quantitative estimate of drug-likeness (QED) is 0.815. The molecule has 6 nitrogen and oxygen atoms in total. The molecule has 122 valence electrons. The second-order valence-corrected chi connectivity index (χ2v) is 5.46. The van der Waals surface area contributed by atoms with E-state index in [1.165, 1.54) is 0 Å². The summed E-state index contributed by atoms with van der Waals surface area (Å²) >= 11 is 0. The van der Waals surface area contributed by atoms with E-state index in [4.69, 9.17) is 19.9 Å². The average Bonchev–Trinajstić information content (AvgIpc) is 2.55. The zero-order valence-electron chi connectivity index (χ0n) is 13.2. The molecular formula is C16H24N2O4. The molecule has 1 aliphatic rings. The number of hydrogen-bond donors (Lipinski definition) is 2. The number of carbonyl (C=O) groups is 1. The first-order valence-electron chi connectivity index (χ1n) is 7.45. The Bertz CT molecular complexity index is 513. The molecule has 0 aliphatic carbocycles. The molecule has 1 aromatic rings. The number of nitrogens with two attached hydrogens (primary N) is 1. The number of amides is 1. The smallest absolute Gasteiger partial charge is 0.240 e. The lowest BCUT2D eigenvalue weighted by molar-refractivity contribution is -0.129. The molecule has 0 unspecified atom stereocenters. The molecule has 1 fully saturated rings. The monoisotopic (exact) mass is 308 g/mol. The standard InChI is InChI=1S/C16H24N2O4/c1-20-13-4-3-12(11-14(13)21-2)5-8-18-15(19)16(17)6-9-22-10-7-16/h3-4,11H,5-10,17H2,1-2H3,(H,18,19). The van der Waals surface area contributed by atoms with E-state index in [1.807, 2.05) is 18.2 Å². The maximum absolute atomic E-state index is 12.2. The van der Waals surface area contributed by atoms with Crippen molar-refractivity contribution in [2.24, 2.45) is 5.73 Å². The molecule has 0 atom stereocenters. The molecule has 2 rings (SSSR count). The Balaban J connectivity index is 1.87. The summed E-state index contributed by atoms with van der Waals surface area (Å²) in [5.74, 6) is 1.28. The molecule has 1 heterocycles. The van der Waals surface area contributed by atoms with Crippen molar-refractivity contribution in [3.05, 3.63) is 23.8 Å². The Hall–Kier alpha value is -1.79. The van der Waals surface area contributed by atoms with Crippen molar-refractivity contribution in [3.8, 4) is 11.5 Å². The van der Waals surface area contributed by atoms with E-state index >= 15 is 0 Å². The molecule has 0 saturated carbocycles. The lowest BCUT2D eigenvalue weighted by Crippen LogP contribution is -2.57. The van der Waals surface area contributed by atoms with E-state index in [2.05, 4.69) is 5.32 Å². The van der Waals surface area contributed by atoms with Gasteiger partial charge >= 0.3 is 0 Å². The molecule has 0 spiro atoms. The van der Waals surface area contributed by atoms with E-state index in [-0.39, 0.29) is 5.91 Å². The third-order valence-corrected chi connectivity index (χ3v) is 3.98. The third-order valence-electron chi connectivity index (χ3n) is 3.98. The molecule has 0 aromatic heterocycles. The first-order valence-corrected chi connectivity index (χ1v) is 7.45. The highest BCUT2D eigenvalue weighted by molar-refractivity contribution is 5.86. The Kier molecular flexibility index (Phi) is 5.63. The number of nitrogens with one attached hydrogen (secondary N) is 1. The van der Waals surface area contributed by atoms with Crippen LogP contribution in [0, 0.1) is 0 Å². The molecule has 1 aliphatic heterocycles. The summed E-state index contributed by atoms with van der Waals surface area (Å²) in [6, 6.07) is 5.73. The van der Waals surface area contributed by atoms with Gasteiger partial charge in [-0.2, -0.15) is 0 Å². The molecule has 22 heavy (non-hydrogen) atoms. The third kappa shape index (κ3) is 3.90. The van der Waals surface area contributed by atoms with Gasteiger partial charge in [-0.15, -0.1) is 0 Å². The molecule has 0 radical (unpaired) electrons. The van der Waals surface area contributed by atoms with Gasteiger partial charge in [0.15, 0.2) is 11.5 Å². The lowest BCUT2D eigenvalue weighted by atomic mass is 9.90.